The summed E-state index contributed by atoms with van der Waals surface area (Å²) in [6.07, 6.45) is 3.24. The quantitative estimate of drug-likeness (QED) is 0.681. The van der Waals surface area contributed by atoms with Gasteiger partial charge in [-0.2, -0.15) is 0 Å². The fourth-order valence-corrected chi connectivity index (χ4v) is 4.41. The van der Waals surface area contributed by atoms with Gasteiger partial charge in [-0.3, -0.25) is 4.79 Å². The summed E-state index contributed by atoms with van der Waals surface area (Å²) in [6, 6.07) is 13.7. The Kier molecular flexibility index (Phi) is 4.16. The lowest BCUT2D eigenvalue weighted by Crippen LogP contribution is -2.05. The van der Waals surface area contributed by atoms with Gasteiger partial charge in [-0.25, -0.2) is 13.4 Å². The first-order chi connectivity index (χ1) is 12.9. The largest absolute Gasteiger partial charge is 0.345 e. The molecule has 0 radical (unpaired) electrons. The smallest absolute Gasteiger partial charge is 0.256 e. The molecule has 7 heteroatoms. The second-order valence-corrected chi connectivity index (χ2v) is 8.36. The van der Waals surface area contributed by atoms with Crippen LogP contribution < -0.4 is 5.32 Å². The molecule has 0 atom stereocenters. The van der Waals surface area contributed by atoms with Crippen LogP contribution in [-0.2, 0) is 20.4 Å². The van der Waals surface area contributed by atoms with E-state index in [1.54, 1.807) is 36.7 Å². The lowest BCUT2D eigenvalue weighted by Gasteiger charge is -2.07. The van der Waals surface area contributed by atoms with Crippen LogP contribution in [0.2, 0.25) is 0 Å². The molecule has 0 aliphatic carbocycles. The zero-order chi connectivity index (χ0) is 19.0. The molecule has 27 heavy (non-hydrogen) atoms. The van der Waals surface area contributed by atoms with Crippen LogP contribution in [0.5, 0.6) is 0 Å². The molecule has 0 fully saturated rings. The van der Waals surface area contributed by atoms with Crippen LogP contribution in [0.1, 0.15) is 22.5 Å². The maximum absolute atomic E-state index is 12.8. The lowest BCUT2D eigenvalue weighted by atomic mass is 10.1. The number of benzene rings is 2. The Bertz CT molecular complexity index is 1160. The van der Waals surface area contributed by atoms with Crippen molar-refractivity contribution in [3.8, 4) is 0 Å². The Morgan fingerprint density at radius 3 is 2.59 bits per heavy atom. The summed E-state index contributed by atoms with van der Waals surface area (Å²) in [4.78, 5) is 19.6. The van der Waals surface area contributed by atoms with E-state index < -0.39 is 9.84 Å². The fraction of sp³-hybridized carbons (Fsp3) is 0.100. The molecule has 2 aromatic carbocycles. The van der Waals surface area contributed by atoms with Gasteiger partial charge in [-0.05, 0) is 36.8 Å². The summed E-state index contributed by atoms with van der Waals surface area (Å²) in [7, 11) is -3.53. The van der Waals surface area contributed by atoms with Crippen LogP contribution >= 0.6 is 0 Å². The van der Waals surface area contributed by atoms with Crippen molar-refractivity contribution in [2.24, 2.45) is 0 Å². The van der Waals surface area contributed by atoms with Crippen molar-refractivity contribution in [1.82, 2.24) is 9.97 Å². The summed E-state index contributed by atoms with van der Waals surface area (Å²) in [5, 5.41) is 2.77. The van der Waals surface area contributed by atoms with Crippen LogP contribution in [0, 0.1) is 6.92 Å². The third-order valence-electron chi connectivity index (χ3n) is 4.49. The molecule has 2 N–H and O–H groups in total. The Hall–Kier alpha value is -3.19. The number of aromatic nitrogens is 2. The minimum Gasteiger partial charge on any atom is -0.345 e. The zero-order valence-corrected chi connectivity index (χ0v) is 15.4. The standard InChI is InChI=1S/C20H17N3O3S/c1-13-19(22-12-21-13)10-17-16-9-15(7-8-18(16)23-20(17)24)27(25,26)11-14-5-3-2-4-6-14/h2-10,12H,11H2,1H3,(H,21,22)(H,23,24)/b17-10-. The molecule has 4 rings (SSSR count). The summed E-state index contributed by atoms with van der Waals surface area (Å²) in [5.41, 5.74) is 3.78. The number of hydrogen-bond acceptors (Lipinski definition) is 4. The van der Waals surface area contributed by atoms with Crippen molar-refractivity contribution in [3.63, 3.8) is 0 Å². The van der Waals surface area contributed by atoms with E-state index in [9.17, 15) is 13.2 Å². The zero-order valence-electron chi connectivity index (χ0n) is 14.6. The number of rotatable bonds is 4. The van der Waals surface area contributed by atoms with Crippen molar-refractivity contribution < 1.29 is 13.2 Å². The van der Waals surface area contributed by atoms with E-state index >= 15 is 0 Å². The molecule has 1 aliphatic heterocycles. The number of imidazole rings is 1. The molecular weight excluding hydrogens is 362 g/mol. The third-order valence-corrected chi connectivity index (χ3v) is 6.17. The van der Waals surface area contributed by atoms with Crippen LogP contribution in [0.25, 0.3) is 11.6 Å². The summed E-state index contributed by atoms with van der Waals surface area (Å²) >= 11 is 0. The van der Waals surface area contributed by atoms with E-state index in [0.29, 0.717) is 22.5 Å². The number of fused-ring (bicyclic) bond motifs is 1. The van der Waals surface area contributed by atoms with Crippen LogP contribution in [0.3, 0.4) is 0 Å². The number of amides is 1. The molecule has 1 amide bonds. The lowest BCUT2D eigenvalue weighted by molar-refractivity contribution is -0.110. The van der Waals surface area contributed by atoms with Crippen molar-refractivity contribution in [1.29, 1.82) is 0 Å². The minimum absolute atomic E-state index is 0.0906. The van der Waals surface area contributed by atoms with Gasteiger partial charge < -0.3 is 10.3 Å². The number of sulfone groups is 1. The van der Waals surface area contributed by atoms with Crippen LogP contribution in [0.15, 0.2) is 59.8 Å². The van der Waals surface area contributed by atoms with E-state index in [4.69, 9.17) is 0 Å². The third kappa shape index (κ3) is 3.29. The average molecular weight is 379 g/mol. The van der Waals surface area contributed by atoms with Gasteiger partial charge in [0.05, 0.1) is 33.9 Å². The Labute approximate surface area is 156 Å². The summed E-state index contributed by atoms with van der Waals surface area (Å²) in [6.45, 7) is 1.83. The van der Waals surface area contributed by atoms with Crippen molar-refractivity contribution in [2.45, 2.75) is 17.6 Å². The van der Waals surface area contributed by atoms with Gasteiger partial charge in [0.25, 0.3) is 5.91 Å². The summed E-state index contributed by atoms with van der Waals surface area (Å²) < 4.78 is 25.6. The second kappa shape index (κ2) is 6.51. The van der Waals surface area contributed by atoms with Crippen molar-refractivity contribution >= 4 is 33.1 Å². The van der Waals surface area contributed by atoms with Gasteiger partial charge in [-0.15, -0.1) is 0 Å². The average Bonchev–Trinajstić information content (AvgIpc) is 3.18. The predicted molar refractivity (Wildman–Crippen MR) is 104 cm³/mol. The first-order valence-corrected chi connectivity index (χ1v) is 10.0. The number of hydrogen-bond donors (Lipinski definition) is 2. The number of aryl methyl sites for hydroxylation is 1. The first kappa shape index (κ1) is 17.2. The van der Waals surface area contributed by atoms with Gasteiger partial charge in [0.15, 0.2) is 9.84 Å². The summed E-state index contributed by atoms with van der Waals surface area (Å²) in [5.74, 6) is -0.358. The molecule has 1 aromatic heterocycles. The topological polar surface area (TPSA) is 91.9 Å². The normalized spacial score (nSPS) is 15.0. The number of nitrogens with one attached hydrogen (secondary N) is 2. The van der Waals surface area contributed by atoms with Crippen LogP contribution in [0.4, 0.5) is 5.69 Å². The molecule has 0 saturated carbocycles. The number of aromatic amines is 1. The van der Waals surface area contributed by atoms with Crippen molar-refractivity contribution in [2.75, 3.05) is 5.32 Å². The first-order valence-electron chi connectivity index (χ1n) is 8.38. The Balaban J connectivity index is 1.74. The van der Waals surface area contributed by atoms with Gasteiger partial charge in [0.1, 0.15) is 0 Å². The Morgan fingerprint density at radius 1 is 1.11 bits per heavy atom. The highest BCUT2D eigenvalue weighted by Gasteiger charge is 2.27. The van der Waals surface area contributed by atoms with E-state index in [0.717, 1.165) is 11.3 Å². The maximum atomic E-state index is 12.8. The van der Waals surface area contributed by atoms with E-state index in [-0.39, 0.29) is 16.6 Å². The van der Waals surface area contributed by atoms with Crippen molar-refractivity contribution in [3.05, 3.63) is 77.4 Å². The fourth-order valence-electron chi connectivity index (χ4n) is 3.04. The van der Waals surface area contributed by atoms with Gasteiger partial charge >= 0.3 is 0 Å². The molecule has 3 aromatic rings. The predicted octanol–water partition coefficient (Wildman–Crippen LogP) is 3.18. The molecule has 1 aliphatic rings. The van der Waals surface area contributed by atoms with Gasteiger partial charge in [-0.1, -0.05) is 30.3 Å². The molecule has 0 spiro atoms. The molecular formula is C20H17N3O3S. The van der Waals surface area contributed by atoms with E-state index in [2.05, 4.69) is 15.3 Å². The molecule has 0 bridgehead atoms. The number of nitrogens with zero attached hydrogens (tertiary/aromatic N) is 1. The highest BCUT2D eigenvalue weighted by atomic mass is 32.2. The minimum atomic E-state index is -3.53. The second-order valence-electron chi connectivity index (χ2n) is 6.37. The Morgan fingerprint density at radius 2 is 1.89 bits per heavy atom. The molecule has 0 saturated heterocycles. The number of carbonyl (C=O) groups is 1. The monoisotopic (exact) mass is 379 g/mol. The molecule has 2 heterocycles. The highest BCUT2D eigenvalue weighted by Crippen LogP contribution is 2.35. The number of H-pyrrole nitrogens is 1. The van der Waals surface area contributed by atoms with Crippen LogP contribution in [-0.4, -0.2) is 24.3 Å². The molecule has 6 nitrogen and oxygen atoms in total. The van der Waals surface area contributed by atoms with Gasteiger partial charge in [0, 0.05) is 11.3 Å². The van der Waals surface area contributed by atoms with E-state index in [1.807, 2.05) is 25.1 Å². The van der Waals surface area contributed by atoms with E-state index in [1.165, 1.54) is 6.07 Å². The maximum Gasteiger partial charge on any atom is 0.256 e. The SMILES string of the molecule is Cc1nc[nH]c1/C=C1\C(=O)Nc2ccc(S(=O)(=O)Cc3ccccc3)cc21. The number of carbonyl (C=O) groups excluding carboxylic acids is 1. The number of anilines is 1. The van der Waals surface area contributed by atoms with Gasteiger partial charge in [0.2, 0.25) is 0 Å². The molecule has 136 valence electrons. The highest BCUT2D eigenvalue weighted by molar-refractivity contribution is 7.90. The molecule has 0 unspecified atom stereocenters.